The van der Waals surface area contributed by atoms with Gasteiger partial charge in [0.2, 0.25) is 0 Å². The first-order chi connectivity index (χ1) is 6.61. The molecule has 0 aliphatic rings. The predicted molar refractivity (Wildman–Crippen MR) is 53.8 cm³/mol. The fourth-order valence-electron chi connectivity index (χ4n) is 1.32. The summed E-state index contributed by atoms with van der Waals surface area (Å²) in [6, 6.07) is 3.59. The number of aryl methyl sites for hydroxylation is 1. The summed E-state index contributed by atoms with van der Waals surface area (Å²) in [5, 5.41) is 0. The summed E-state index contributed by atoms with van der Waals surface area (Å²) in [5.74, 6) is 0.224. The van der Waals surface area contributed by atoms with Crippen molar-refractivity contribution in [1.29, 1.82) is 0 Å². The van der Waals surface area contributed by atoms with Crippen LogP contribution in [-0.2, 0) is 4.74 Å². The van der Waals surface area contributed by atoms with Crippen molar-refractivity contribution in [2.24, 2.45) is 0 Å². The second-order valence-electron chi connectivity index (χ2n) is 3.08. The highest BCUT2D eigenvalue weighted by atomic mass is 16.5. The number of hydrogen-bond acceptors (Lipinski definition) is 3. The second-order valence-corrected chi connectivity index (χ2v) is 3.08. The molecule has 0 fully saturated rings. The van der Waals surface area contributed by atoms with Crippen LogP contribution >= 0.6 is 0 Å². The van der Waals surface area contributed by atoms with Crippen LogP contribution in [0.5, 0.6) is 5.75 Å². The van der Waals surface area contributed by atoms with Gasteiger partial charge in [0.15, 0.2) is 0 Å². The standard InChI is InChI=1S/C11H14O3/c1-7-5-6-9(11(12)14-4)10(13-3)8(7)2/h5-6H,1-4H3. The Hall–Kier alpha value is -1.51. The molecule has 3 heteroatoms. The van der Waals surface area contributed by atoms with Gasteiger partial charge in [-0.25, -0.2) is 4.79 Å². The first-order valence-electron chi connectivity index (χ1n) is 4.34. The van der Waals surface area contributed by atoms with Crippen molar-refractivity contribution in [3.05, 3.63) is 28.8 Å². The van der Waals surface area contributed by atoms with Gasteiger partial charge in [0.05, 0.1) is 14.2 Å². The SMILES string of the molecule is COC(=O)c1ccc(C)c(C)c1OC. The van der Waals surface area contributed by atoms with Gasteiger partial charge >= 0.3 is 5.97 Å². The Balaban J connectivity index is 3.31. The molecule has 0 bridgehead atoms. The number of ether oxygens (including phenoxy) is 2. The number of hydrogen-bond donors (Lipinski definition) is 0. The molecule has 1 aromatic rings. The highest BCUT2D eigenvalue weighted by molar-refractivity contribution is 5.93. The second kappa shape index (κ2) is 4.13. The first kappa shape index (κ1) is 10.6. The monoisotopic (exact) mass is 194 g/mol. The summed E-state index contributed by atoms with van der Waals surface area (Å²) in [5.41, 5.74) is 2.53. The number of esters is 1. The molecular formula is C11H14O3. The zero-order chi connectivity index (χ0) is 10.7. The van der Waals surface area contributed by atoms with Gasteiger partial charge in [0.25, 0.3) is 0 Å². The first-order valence-corrected chi connectivity index (χ1v) is 4.34. The highest BCUT2D eigenvalue weighted by Crippen LogP contribution is 2.26. The van der Waals surface area contributed by atoms with Crippen molar-refractivity contribution in [2.45, 2.75) is 13.8 Å². The maximum atomic E-state index is 11.4. The molecule has 1 rings (SSSR count). The summed E-state index contributed by atoms with van der Waals surface area (Å²) < 4.78 is 9.83. The third-order valence-electron chi connectivity index (χ3n) is 2.29. The van der Waals surface area contributed by atoms with Crippen LogP contribution in [0, 0.1) is 13.8 Å². The summed E-state index contributed by atoms with van der Waals surface area (Å²) in [6.45, 7) is 3.89. The van der Waals surface area contributed by atoms with Gasteiger partial charge in [-0.05, 0) is 31.0 Å². The Labute approximate surface area is 83.6 Å². The molecule has 0 heterocycles. The molecule has 0 atom stereocenters. The molecule has 0 saturated heterocycles. The topological polar surface area (TPSA) is 35.5 Å². The van der Waals surface area contributed by atoms with Crippen molar-refractivity contribution < 1.29 is 14.3 Å². The number of benzene rings is 1. The average molecular weight is 194 g/mol. The van der Waals surface area contributed by atoms with Crippen molar-refractivity contribution >= 4 is 5.97 Å². The van der Waals surface area contributed by atoms with Crippen LogP contribution in [0.2, 0.25) is 0 Å². The van der Waals surface area contributed by atoms with Crippen LogP contribution in [0.4, 0.5) is 0 Å². The lowest BCUT2D eigenvalue weighted by atomic mass is 10.0. The molecular weight excluding hydrogens is 180 g/mol. The maximum absolute atomic E-state index is 11.4. The summed E-state index contributed by atoms with van der Waals surface area (Å²) in [4.78, 5) is 11.4. The molecule has 14 heavy (non-hydrogen) atoms. The van der Waals surface area contributed by atoms with Crippen LogP contribution in [0.15, 0.2) is 12.1 Å². The van der Waals surface area contributed by atoms with Crippen LogP contribution in [0.3, 0.4) is 0 Å². The molecule has 3 nitrogen and oxygen atoms in total. The van der Waals surface area contributed by atoms with E-state index < -0.39 is 0 Å². The minimum atomic E-state index is -0.370. The van der Waals surface area contributed by atoms with Crippen molar-refractivity contribution in [3.63, 3.8) is 0 Å². The van der Waals surface area contributed by atoms with Gasteiger partial charge in [-0.15, -0.1) is 0 Å². The van der Waals surface area contributed by atoms with E-state index in [0.29, 0.717) is 11.3 Å². The Morgan fingerprint density at radius 1 is 1.21 bits per heavy atom. The normalized spacial score (nSPS) is 9.71. The Morgan fingerprint density at radius 2 is 1.86 bits per heavy atom. The summed E-state index contributed by atoms with van der Waals surface area (Å²) in [6.07, 6.45) is 0. The molecule has 76 valence electrons. The molecule has 0 N–H and O–H groups in total. The van der Waals surface area contributed by atoms with Gasteiger partial charge in [-0.2, -0.15) is 0 Å². The zero-order valence-electron chi connectivity index (χ0n) is 8.88. The van der Waals surface area contributed by atoms with E-state index in [-0.39, 0.29) is 5.97 Å². The quantitative estimate of drug-likeness (QED) is 0.676. The molecule has 0 spiro atoms. The van der Waals surface area contributed by atoms with E-state index in [2.05, 4.69) is 4.74 Å². The lowest BCUT2D eigenvalue weighted by Gasteiger charge is -2.11. The van der Waals surface area contributed by atoms with E-state index in [9.17, 15) is 4.79 Å². The lowest BCUT2D eigenvalue weighted by molar-refractivity contribution is 0.0597. The summed E-state index contributed by atoms with van der Waals surface area (Å²) >= 11 is 0. The summed E-state index contributed by atoms with van der Waals surface area (Å²) in [7, 11) is 2.91. The molecule has 0 amide bonds. The predicted octanol–water partition coefficient (Wildman–Crippen LogP) is 2.10. The molecule has 0 aromatic heterocycles. The molecule has 0 radical (unpaired) electrons. The largest absolute Gasteiger partial charge is 0.496 e. The van der Waals surface area contributed by atoms with Crippen LogP contribution in [0.25, 0.3) is 0 Å². The fraction of sp³-hybridized carbons (Fsp3) is 0.364. The van der Waals surface area contributed by atoms with Crippen molar-refractivity contribution in [2.75, 3.05) is 14.2 Å². The number of rotatable bonds is 2. The Morgan fingerprint density at radius 3 is 2.36 bits per heavy atom. The molecule has 0 unspecified atom stereocenters. The number of carbonyl (C=O) groups is 1. The minimum Gasteiger partial charge on any atom is -0.496 e. The zero-order valence-corrected chi connectivity index (χ0v) is 8.88. The van der Waals surface area contributed by atoms with E-state index in [1.807, 2.05) is 19.9 Å². The van der Waals surface area contributed by atoms with Gasteiger partial charge in [0.1, 0.15) is 11.3 Å². The molecule has 1 aromatic carbocycles. The van der Waals surface area contributed by atoms with Crippen LogP contribution < -0.4 is 4.74 Å². The molecule has 0 aliphatic carbocycles. The Bertz CT molecular complexity index is 356. The van der Waals surface area contributed by atoms with E-state index >= 15 is 0 Å². The fourth-order valence-corrected chi connectivity index (χ4v) is 1.32. The van der Waals surface area contributed by atoms with E-state index in [1.54, 1.807) is 13.2 Å². The third-order valence-corrected chi connectivity index (χ3v) is 2.29. The third kappa shape index (κ3) is 1.71. The van der Waals surface area contributed by atoms with Gasteiger partial charge < -0.3 is 9.47 Å². The van der Waals surface area contributed by atoms with Gasteiger partial charge in [-0.1, -0.05) is 6.07 Å². The smallest absolute Gasteiger partial charge is 0.341 e. The number of carbonyl (C=O) groups excluding carboxylic acids is 1. The van der Waals surface area contributed by atoms with E-state index in [0.717, 1.165) is 11.1 Å². The van der Waals surface area contributed by atoms with Gasteiger partial charge in [0, 0.05) is 0 Å². The van der Waals surface area contributed by atoms with E-state index in [1.165, 1.54) is 7.11 Å². The van der Waals surface area contributed by atoms with Crippen LogP contribution in [0.1, 0.15) is 21.5 Å². The van der Waals surface area contributed by atoms with E-state index in [4.69, 9.17) is 4.74 Å². The molecule has 0 saturated carbocycles. The van der Waals surface area contributed by atoms with Crippen molar-refractivity contribution in [3.8, 4) is 5.75 Å². The number of methoxy groups -OCH3 is 2. The maximum Gasteiger partial charge on any atom is 0.341 e. The highest BCUT2D eigenvalue weighted by Gasteiger charge is 2.15. The Kier molecular flexibility index (Phi) is 3.12. The minimum absolute atomic E-state index is 0.370. The lowest BCUT2D eigenvalue weighted by Crippen LogP contribution is -2.05. The van der Waals surface area contributed by atoms with Gasteiger partial charge in [-0.3, -0.25) is 0 Å². The molecule has 0 aliphatic heterocycles. The van der Waals surface area contributed by atoms with Crippen molar-refractivity contribution in [1.82, 2.24) is 0 Å². The average Bonchev–Trinajstić information content (AvgIpc) is 2.20. The van der Waals surface area contributed by atoms with Crippen LogP contribution in [-0.4, -0.2) is 20.2 Å².